The lowest BCUT2D eigenvalue weighted by atomic mass is 12.4. The van der Waals surface area contributed by atoms with Crippen LogP contribution in [0.25, 0.3) is 5.08 Å². The molecule has 0 radical (unpaired) electrons. The van der Waals surface area contributed by atoms with Crippen molar-refractivity contribution in [2.45, 2.75) is 0 Å². The smallest absolute Gasteiger partial charge is 0.230 e. The summed E-state index contributed by atoms with van der Waals surface area (Å²) < 4.78 is 0. The summed E-state index contributed by atoms with van der Waals surface area (Å²) in [6.07, 6.45) is 0. The van der Waals surface area contributed by atoms with E-state index in [-0.39, 0.29) is 0 Å². The summed E-state index contributed by atoms with van der Waals surface area (Å²) in [7, 11) is 0. The maximum atomic E-state index is 9.04. The van der Waals surface area contributed by atoms with E-state index in [0.29, 0.717) is 0 Å². The first-order valence-corrected chi connectivity index (χ1v) is 1.01. The highest BCUT2D eigenvalue weighted by molar-refractivity contribution is 4.17. The predicted octanol–water partition coefficient (Wildman–Crippen LogP) is -0.464. The highest BCUT2D eigenvalue weighted by Crippen LogP contribution is 1.51. The van der Waals surface area contributed by atoms with Crippen LogP contribution in [0.2, 0.25) is 0 Å². The lowest BCUT2D eigenvalue weighted by Gasteiger charge is -1.61. The van der Waals surface area contributed by atoms with Gasteiger partial charge in [-0.1, -0.05) is 0 Å². The van der Waals surface area contributed by atoms with Crippen molar-refractivity contribution in [3.8, 4) is 0 Å². The minimum absolute atomic E-state index is 0.986. The van der Waals surface area contributed by atoms with Gasteiger partial charge in [0.25, 0.3) is 10.9 Å². The molecule has 1 N–H and O–H groups in total. The second-order valence-corrected chi connectivity index (χ2v) is 0.457. The lowest BCUT2D eigenvalue weighted by Crippen LogP contribution is -2.10. The molecule has 0 aliphatic carbocycles. The summed E-state index contributed by atoms with van der Waals surface area (Å²) in [5, 5.41) is 17.3. The number of nitrogens with zero attached hydrogens (tertiary/aromatic N) is 3. The van der Waals surface area contributed by atoms with Crippen LogP contribution in [0.15, 0.2) is 0 Å². The monoisotopic (exact) mass is 89.0 g/mol. The van der Waals surface area contributed by atoms with Crippen LogP contribution < -0.4 is 5.53 Å². The minimum atomic E-state index is -0.986. The Kier molecular flexibility index (Phi) is 1.46. The molecular formula is HN4O2+. The maximum absolute atomic E-state index is 9.04. The average molecular weight is 89.0 g/mol. The molecule has 6 nitrogen and oxygen atoms in total. The van der Waals surface area contributed by atoms with Gasteiger partial charge in [-0.25, -0.2) is 10.1 Å². The molecule has 0 unspecified atom stereocenters. The molecule has 6 heteroatoms. The van der Waals surface area contributed by atoms with Gasteiger partial charge >= 0.3 is 5.08 Å². The first-order valence-electron chi connectivity index (χ1n) is 1.01. The van der Waals surface area contributed by atoms with Crippen LogP contribution in [-0.2, 0) is 0 Å². The zero-order chi connectivity index (χ0) is 4.99. The Morgan fingerprint density at radius 2 is 2.50 bits per heavy atom. The number of nitrogens with one attached hydrogen (secondary N) is 1. The molecule has 6 heavy (non-hydrogen) atoms. The van der Waals surface area contributed by atoms with Crippen LogP contribution in [0.4, 0.5) is 0 Å². The van der Waals surface area contributed by atoms with E-state index >= 15 is 0 Å². The Morgan fingerprint density at radius 3 is 2.50 bits per heavy atom. The molecule has 0 aliphatic rings. The summed E-state index contributed by atoms with van der Waals surface area (Å²) >= 11 is 0. The van der Waals surface area contributed by atoms with Crippen molar-refractivity contribution in [3.05, 3.63) is 15.2 Å². The largest absolute Gasteiger partial charge is 0.369 e. The molecule has 0 rings (SSSR count). The summed E-state index contributed by atoms with van der Waals surface area (Å²) in [5.41, 5.74) is 1.11. The minimum Gasteiger partial charge on any atom is -0.230 e. The third-order valence-corrected chi connectivity index (χ3v) is 0.126. The molecule has 0 atom stereocenters. The van der Waals surface area contributed by atoms with Gasteiger partial charge in [0.15, 0.2) is 0 Å². The Bertz CT molecular complexity index is 88.2. The number of hydrogen-bond acceptors (Lipinski definition) is 3. The van der Waals surface area contributed by atoms with Gasteiger partial charge in [-0.3, -0.25) is 0 Å². The van der Waals surface area contributed by atoms with E-state index in [1.807, 2.05) is 5.08 Å². The van der Waals surface area contributed by atoms with Crippen LogP contribution in [-0.4, -0.2) is 5.03 Å². The van der Waals surface area contributed by atoms with Crippen LogP contribution in [0.3, 0.4) is 0 Å². The van der Waals surface area contributed by atoms with E-state index in [1.54, 1.807) is 0 Å². The van der Waals surface area contributed by atoms with Gasteiger partial charge in [0.2, 0.25) is 5.03 Å². The lowest BCUT2D eigenvalue weighted by molar-refractivity contribution is -0.534. The van der Waals surface area contributed by atoms with E-state index < -0.39 is 5.03 Å². The molecule has 0 amide bonds. The van der Waals surface area contributed by atoms with Crippen molar-refractivity contribution < 1.29 is 5.03 Å². The van der Waals surface area contributed by atoms with Gasteiger partial charge in [0.05, 0.1) is 0 Å². The van der Waals surface area contributed by atoms with Crippen molar-refractivity contribution in [1.29, 1.82) is 5.39 Å². The van der Waals surface area contributed by atoms with Gasteiger partial charge in [0.1, 0.15) is 0 Å². The standard InChI is InChI=1S/HN4O2/c1-2-3-4(5)6/h3H/q+1. The Hall–Kier alpha value is -1.38. The second kappa shape index (κ2) is 1.90. The van der Waals surface area contributed by atoms with Crippen LogP contribution in [0, 0.1) is 15.5 Å². The van der Waals surface area contributed by atoms with Crippen molar-refractivity contribution in [1.82, 2.24) is 5.53 Å². The number of hydrogen-bond donors (Lipinski definition) is 1. The predicted molar refractivity (Wildman–Crippen MR) is 15.2 cm³/mol. The first kappa shape index (κ1) is 4.62. The summed E-state index contributed by atoms with van der Waals surface area (Å²) in [4.78, 5) is 9.04. The summed E-state index contributed by atoms with van der Waals surface area (Å²) in [5.74, 6) is 0. The Morgan fingerprint density at radius 1 is 2.00 bits per heavy atom. The maximum Gasteiger partial charge on any atom is 0.369 e. The first-order chi connectivity index (χ1) is 2.77. The second-order valence-electron chi connectivity index (χ2n) is 0.457. The fourth-order valence-electron chi connectivity index (χ4n) is 0.0365. The van der Waals surface area contributed by atoms with Crippen molar-refractivity contribution in [2.24, 2.45) is 0 Å². The highest BCUT2D eigenvalue weighted by Gasteiger charge is 1.95. The topological polar surface area (TPSA) is 83.3 Å². The number of rotatable bonds is 1. The third-order valence-electron chi connectivity index (χ3n) is 0.126. The van der Waals surface area contributed by atoms with Crippen LogP contribution in [0.5, 0.6) is 0 Å². The molecule has 0 aromatic rings. The summed E-state index contributed by atoms with van der Waals surface area (Å²) in [6, 6.07) is 0. The molecule has 0 heterocycles. The third kappa shape index (κ3) is 2.62. The Labute approximate surface area is 32.5 Å². The van der Waals surface area contributed by atoms with Gasteiger partial charge in [-0.2, -0.15) is 0 Å². The Balaban J connectivity index is 3.13. The molecule has 0 fully saturated rings. The van der Waals surface area contributed by atoms with E-state index in [2.05, 4.69) is 0 Å². The molecule has 0 saturated heterocycles. The van der Waals surface area contributed by atoms with Gasteiger partial charge in [-0.15, -0.1) is 0 Å². The number of diazo groups is 1. The molecular weight excluding hydrogens is 88.0 g/mol. The fraction of sp³-hybridized carbons (Fsp3) is 0. The highest BCUT2D eigenvalue weighted by atomic mass is 16.7. The van der Waals surface area contributed by atoms with Crippen molar-refractivity contribution >= 4 is 0 Å². The number of nitro groups is 1. The van der Waals surface area contributed by atoms with E-state index in [0.717, 1.165) is 5.53 Å². The SMILES string of the molecule is N#[N+]N[N+](=O)[O-]. The average Bonchev–Trinajstić information content (AvgIpc) is 1.35. The molecule has 0 aromatic heterocycles. The molecule has 32 valence electrons. The van der Waals surface area contributed by atoms with E-state index in [4.69, 9.17) is 15.5 Å². The van der Waals surface area contributed by atoms with Crippen molar-refractivity contribution in [2.75, 3.05) is 0 Å². The normalized spacial score (nSPS) is 5.83. The number of hydrazine groups is 1. The molecule has 0 aliphatic heterocycles. The fourth-order valence-corrected chi connectivity index (χ4v) is 0.0365. The molecule has 0 saturated carbocycles. The van der Waals surface area contributed by atoms with Gasteiger partial charge < -0.3 is 0 Å². The quantitative estimate of drug-likeness (QED) is 0.267. The van der Waals surface area contributed by atoms with E-state index in [1.165, 1.54) is 0 Å². The molecule has 0 aromatic carbocycles. The molecule has 0 bridgehead atoms. The summed E-state index contributed by atoms with van der Waals surface area (Å²) in [6.45, 7) is 0. The van der Waals surface area contributed by atoms with Crippen LogP contribution in [0.1, 0.15) is 0 Å². The van der Waals surface area contributed by atoms with Crippen LogP contribution >= 0.6 is 0 Å². The van der Waals surface area contributed by atoms with E-state index in [9.17, 15) is 0 Å². The zero-order valence-electron chi connectivity index (χ0n) is 2.66. The van der Waals surface area contributed by atoms with Crippen molar-refractivity contribution in [3.63, 3.8) is 0 Å². The van der Waals surface area contributed by atoms with Gasteiger partial charge in [0, 0.05) is 0 Å². The van der Waals surface area contributed by atoms with Gasteiger partial charge in [-0.05, 0) is 0 Å². The zero-order valence-corrected chi connectivity index (χ0v) is 2.66. The molecule has 0 spiro atoms.